The molecule has 224 valence electrons. The number of nitrogens with zero attached hydrogens (tertiary/aromatic N) is 2. The van der Waals surface area contributed by atoms with Gasteiger partial charge in [-0.1, -0.05) is 24.3 Å². The van der Waals surface area contributed by atoms with E-state index in [0.717, 1.165) is 36.8 Å². The van der Waals surface area contributed by atoms with Crippen molar-refractivity contribution < 1.29 is 38.7 Å². The monoisotopic (exact) mass is 570 g/mol. The van der Waals surface area contributed by atoms with Gasteiger partial charge in [0.25, 0.3) is 0 Å². The van der Waals surface area contributed by atoms with E-state index in [1.807, 2.05) is 17.0 Å². The van der Waals surface area contributed by atoms with Crippen LogP contribution in [0.3, 0.4) is 0 Å². The van der Waals surface area contributed by atoms with Crippen molar-refractivity contribution in [2.45, 2.75) is 50.3 Å². The van der Waals surface area contributed by atoms with Gasteiger partial charge in [-0.3, -0.25) is 4.79 Å². The van der Waals surface area contributed by atoms with Gasteiger partial charge in [-0.05, 0) is 61.4 Å². The summed E-state index contributed by atoms with van der Waals surface area (Å²) in [5, 5.41) is 21.9. The standard InChI is InChI=1S/C31H42N2O8/c1-38-14-6-7-22-17-23(19-25(18-22)41-16-15-39-2)20-33(24-10-11-24)29(34)27-21-32(30(35)36)13-12-31(27,37)26-8-4-5-9-28(26)40-3/h4-5,8-9,17-19,24,27,37H,6-7,10-16,20-21H2,1-3H3,(H,35,36)/t27-,31+/m1/s1. The molecule has 10 heteroatoms. The van der Waals surface area contributed by atoms with Crippen LogP contribution in [-0.2, 0) is 32.8 Å². The molecule has 1 aliphatic carbocycles. The van der Waals surface area contributed by atoms with Crippen LogP contribution in [0.2, 0.25) is 0 Å². The van der Waals surface area contributed by atoms with E-state index in [1.165, 1.54) is 12.0 Å². The number of hydrogen-bond donors (Lipinski definition) is 2. The van der Waals surface area contributed by atoms with Crippen LogP contribution in [0.1, 0.15) is 42.4 Å². The van der Waals surface area contributed by atoms with Crippen molar-refractivity contribution in [3.8, 4) is 11.5 Å². The second-order valence-electron chi connectivity index (χ2n) is 10.8. The maximum Gasteiger partial charge on any atom is 0.407 e. The average Bonchev–Trinajstić information content (AvgIpc) is 3.81. The van der Waals surface area contributed by atoms with E-state index in [2.05, 4.69) is 6.07 Å². The van der Waals surface area contributed by atoms with Crippen molar-refractivity contribution >= 4 is 12.0 Å². The first-order chi connectivity index (χ1) is 19.8. The number of hydrogen-bond acceptors (Lipinski definition) is 7. The van der Waals surface area contributed by atoms with Crippen LogP contribution in [0, 0.1) is 5.92 Å². The summed E-state index contributed by atoms with van der Waals surface area (Å²) in [5.41, 5.74) is 0.907. The van der Waals surface area contributed by atoms with Crippen molar-refractivity contribution in [2.75, 3.05) is 54.2 Å². The van der Waals surface area contributed by atoms with E-state index < -0.39 is 17.6 Å². The van der Waals surface area contributed by atoms with Crippen LogP contribution in [0.4, 0.5) is 4.79 Å². The van der Waals surface area contributed by atoms with Crippen molar-refractivity contribution in [3.63, 3.8) is 0 Å². The molecule has 1 saturated carbocycles. The highest BCUT2D eigenvalue weighted by Crippen LogP contribution is 2.44. The number of benzene rings is 2. The maximum atomic E-state index is 14.4. The minimum atomic E-state index is -1.58. The third kappa shape index (κ3) is 7.49. The van der Waals surface area contributed by atoms with E-state index in [9.17, 15) is 19.8 Å². The molecule has 0 radical (unpaired) electrons. The molecule has 2 aliphatic rings. The number of amides is 2. The van der Waals surface area contributed by atoms with E-state index in [1.54, 1.807) is 38.5 Å². The molecule has 2 atom stereocenters. The zero-order chi connectivity index (χ0) is 29.4. The molecule has 2 fully saturated rings. The van der Waals surface area contributed by atoms with Gasteiger partial charge in [0, 0.05) is 52.1 Å². The Labute approximate surface area is 241 Å². The lowest BCUT2D eigenvalue weighted by molar-refractivity contribution is -0.154. The van der Waals surface area contributed by atoms with Gasteiger partial charge in [0.1, 0.15) is 23.7 Å². The van der Waals surface area contributed by atoms with Gasteiger partial charge >= 0.3 is 6.09 Å². The lowest BCUT2D eigenvalue weighted by Gasteiger charge is -2.45. The highest BCUT2D eigenvalue weighted by molar-refractivity contribution is 5.82. The Morgan fingerprint density at radius 3 is 2.44 bits per heavy atom. The Balaban J connectivity index is 1.65. The summed E-state index contributed by atoms with van der Waals surface area (Å²) in [5.74, 6) is -0.0865. The van der Waals surface area contributed by atoms with E-state index in [-0.39, 0.29) is 31.5 Å². The second-order valence-corrected chi connectivity index (χ2v) is 10.8. The van der Waals surface area contributed by atoms with Crippen LogP contribution in [0.5, 0.6) is 11.5 Å². The predicted octanol–water partition coefficient (Wildman–Crippen LogP) is 3.68. The molecule has 0 bridgehead atoms. The topological polar surface area (TPSA) is 118 Å². The zero-order valence-corrected chi connectivity index (χ0v) is 24.2. The fourth-order valence-electron chi connectivity index (χ4n) is 5.60. The summed E-state index contributed by atoms with van der Waals surface area (Å²) in [6.45, 7) is 1.84. The van der Waals surface area contributed by atoms with Crippen LogP contribution in [0.15, 0.2) is 42.5 Å². The van der Waals surface area contributed by atoms with Crippen molar-refractivity contribution in [1.82, 2.24) is 9.80 Å². The number of methoxy groups -OCH3 is 3. The number of likely N-dealkylation sites (tertiary alicyclic amines) is 1. The molecular weight excluding hydrogens is 528 g/mol. The first-order valence-corrected chi connectivity index (χ1v) is 14.2. The van der Waals surface area contributed by atoms with Gasteiger partial charge in [-0.2, -0.15) is 0 Å². The number of piperidine rings is 1. The first kappa shape index (κ1) is 30.6. The molecule has 1 aliphatic heterocycles. The van der Waals surface area contributed by atoms with Gasteiger partial charge in [0.2, 0.25) is 5.91 Å². The average molecular weight is 571 g/mol. The number of aliphatic hydroxyl groups is 1. The lowest BCUT2D eigenvalue weighted by atomic mass is 9.74. The normalized spacial score (nSPS) is 20.5. The second kappa shape index (κ2) is 14.0. The van der Waals surface area contributed by atoms with E-state index in [0.29, 0.717) is 43.4 Å². The SMILES string of the molecule is COCCCc1cc(CN(C(=O)[C@H]2CN(C(=O)O)CC[C@]2(O)c2ccccc2OC)C2CC2)cc(OCCOC)c1. The van der Waals surface area contributed by atoms with E-state index in [4.69, 9.17) is 18.9 Å². The molecule has 0 aromatic heterocycles. The molecule has 1 heterocycles. The van der Waals surface area contributed by atoms with Gasteiger partial charge in [-0.15, -0.1) is 0 Å². The quantitative estimate of drug-likeness (QED) is 0.331. The first-order valence-electron chi connectivity index (χ1n) is 14.2. The summed E-state index contributed by atoms with van der Waals surface area (Å²) in [7, 11) is 4.82. The third-order valence-electron chi connectivity index (χ3n) is 7.90. The molecule has 0 unspecified atom stereocenters. The number of carboxylic acid groups (broad SMARTS) is 1. The van der Waals surface area contributed by atoms with Crippen LogP contribution < -0.4 is 9.47 Å². The highest BCUT2D eigenvalue weighted by atomic mass is 16.5. The van der Waals surface area contributed by atoms with Crippen molar-refractivity contribution in [3.05, 3.63) is 59.2 Å². The summed E-state index contributed by atoms with van der Waals surface area (Å²) >= 11 is 0. The Kier molecular flexibility index (Phi) is 10.5. The summed E-state index contributed by atoms with van der Waals surface area (Å²) in [4.78, 5) is 29.4. The minimum Gasteiger partial charge on any atom is -0.496 e. The number of carbonyl (C=O) groups excluding carboxylic acids is 1. The number of ether oxygens (including phenoxy) is 4. The fraction of sp³-hybridized carbons (Fsp3) is 0.548. The molecule has 2 aromatic carbocycles. The smallest absolute Gasteiger partial charge is 0.407 e. The van der Waals surface area contributed by atoms with Gasteiger partial charge in [0.15, 0.2) is 0 Å². The van der Waals surface area contributed by atoms with Gasteiger partial charge in [-0.25, -0.2) is 4.79 Å². The van der Waals surface area contributed by atoms with Crippen molar-refractivity contribution in [2.24, 2.45) is 5.92 Å². The van der Waals surface area contributed by atoms with Crippen LogP contribution >= 0.6 is 0 Å². The van der Waals surface area contributed by atoms with E-state index >= 15 is 0 Å². The molecule has 2 N–H and O–H groups in total. The van der Waals surface area contributed by atoms with Crippen LogP contribution in [0.25, 0.3) is 0 Å². The molecule has 4 rings (SSSR count). The molecule has 10 nitrogen and oxygen atoms in total. The molecule has 2 amide bonds. The Morgan fingerprint density at radius 2 is 1.76 bits per heavy atom. The molecule has 41 heavy (non-hydrogen) atoms. The third-order valence-corrected chi connectivity index (χ3v) is 7.90. The zero-order valence-electron chi connectivity index (χ0n) is 24.2. The maximum absolute atomic E-state index is 14.4. The minimum absolute atomic E-state index is 0.0274. The number of carbonyl (C=O) groups is 2. The summed E-state index contributed by atoms with van der Waals surface area (Å²) in [6, 6.07) is 13.1. The molecular formula is C31H42N2O8. The molecule has 2 aromatic rings. The molecule has 1 saturated heterocycles. The van der Waals surface area contributed by atoms with Gasteiger partial charge in [0.05, 0.1) is 19.6 Å². The van der Waals surface area contributed by atoms with Crippen molar-refractivity contribution in [1.29, 1.82) is 0 Å². The number of rotatable bonds is 14. The predicted molar refractivity (Wildman–Crippen MR) is 152 cm³/mol. The van der Waals surface area contributed by atoms with Gasteiger partial charge < -0.3 is 39.0 Å². The Bertz CT molecular complexity index is 1160. The largest absolute Gasteiger partial charge is 0.496 e. The number of aryl methyl sites for hydroxylation is 1. The molecule has 0 spiro atoms. The Hall–Kier alpha value is -3.34. The summed E-state index contributed by atoms with van der Waals surface area (Å²) < 4.78 is 21.8. The van der Waals surface area contributed by atoms with Crippen LogP contribution in [-0.4, -0.2) is 92.3 Å². The lowest BCUT2D eigenvalue weighted by Crippen LogP contribution is -2.57. The number of para-hydroxylation sites is 1. The highest BCUT2D eigenvalue weighted by Gasteiger charge is 2.51. The Morgan fingerprint density at radius 1 is 1.02 bits per heavy atom. The summed E-state index contributed by atoms with van der Waals surface area (Å²) in [6.07, 6.45) is 2.34. The fourth-order valence-corrected chi connectivity index (χ4v) is 5.60.